The van der Waals surface area contributed by atoms with E-state index in [4.69, 9.17) is 5.26 Å². The smallest absolute Gasteiger partial charge is 0.261 e. The lowest BCUT2D eigenvalue weighted by atomic mass is 10.2. The molecule has 126 valence electrons. The number of anilines is 1. The van der Waals surface area contributed by atoms with Gasteiger partial charge < -0.3 is 4.57 Å². The van der Waals surface area contributed by atoms with Crippen molar-refractivity contribution >= 4 is 27.5 Å². The Labute approximate surface area is 149 Å². The van der Waals surface area contributed by atoms with Gasteiger partial charge in [-0.3, -0.25) is 4.72 Å². The molecule has 0 radical (unpaired) electrons. The third kappa shape index (κ3) is 3.81. The molecule has 3 rings (SSSR count). The maximum atomic E-state index is 12.6. The quantitative estimate of drug-likeness (QED) is 0.740. The van der Waals surface area contributed by atoms with E-state index < -0.39 is 10.0 Å². The van der Waals surface area contributed by atoms with Crippen molar-refractivity contribution in [3.8, 4) is 6.07 Å². The molecule has 2 aromatic carbocycles. The van der Waals surface area contributed by atoms with Gasteiger partial charge in [0.25, 0.3) is 10.0 Å². The first-order valence-electron chi connectivity index (χ1n) is 7.13. The van der Waals surface area contributed by atoms with Crippen molar-refractivity contribution in [1.29, 1.82) is 5.26 Å². The summed E-state index contributed by atoms with van der Waals surface area (Å²) >= 11 is 1.31. The molecule has 0 saturated heterocycles. The second-order valence-corrected chi connectivity index (χ2v) is 7.76. The lowest BCUT2D eigenvalue weighted by molar-refractivity contribution is 0.601. The minimum Gasteiger partial charge on any atom is -0.311 e. The van der Waals surface area contributed by atoms with Gasteiger partial charge in [0.05, 0.1) is 22.2 Å². The highest BCUT2D eigenvalue weighted by Crippen LogP contribution is 2.33. The first-order chi connectivity index (χ1) is 12.0. The van der Waals surface area contributed by atoms with Crippen molar-refractivity contribution < 1.29 is 8.42 Å². The molecule has 0 spiro atoms. The van der Waals surface area contributed by atoms with Gasteiger partial charge in [-0.1, -0.05) is 12.1 Å². The highest BCUT2D eigenvalue weighted by atomic mass is 32.2. The Balaban J connectivity index is 1.89. The maximum Gasteiger partial charge on any atom is 0.261 e. The molecule has 9 heteroatoms. The molecule has 0 unspecified atom stereocenters. The monoisotopic (exact) mass is 371 g/mol. The summed E-state index contributed by atoms with van der Waals surface area (Å²) < 4.78 is 29.5. The average Bonchev–Trinajstić information content (AvgIpc) is 3.01. The number of hydrogen-bond donors (Lipinski definition) is 1. The SMILES string of the molecule is Cn1cnnc1Sc1ccccc1NS(=O)(=O)c1ccc(C#N)cc1. The average molecular weight is 371 g/mol. The van der Waals surface area contributed by atoms with Crippen LogP contribution in [0.15, 0.2) is 69.8 Å². The van der Waals surface area contributed by atoms with E-state index in [2.05, 4.69) is 14.9 Å². The first-order valence-corrected chi connectivity index (χ1v) is 9.43. The Kier molecular flexibility index (Phi) is 4.74. The van der Waals surface area contributed by atoms with Crippen LogP contribution in [0.4, 0.5) is 5.69 Å². The molecular weight excluding hydrogens is 358 g/mol. The van der Waals surface area contributed by atoms with Crippen LogP contribution in [-0.2, 0) is 17.1 Å². The minimum atomic E-state index is -3.77. The Morgan fingerprint density at radius 3 is 2.52 bits per heavy atom. The zero-order valence-corrected chi connectivity index (χ0v) is 14.8. The van der Waals surface area contributed by atoms with Gasteiger partial charge in [-0.15, -0.1) is 10.2 Å². The number of sulfonamides is 1. The number of hydrogen-bond acceptors (Lipinski definition) is 6. The summed E-state index contributed by atoms with van der Waals surface area (Å²) in [4.78, 5) is 0.792. The van der Waals surface area contributed by atoms with Crippen LogP contribution in [0.1, 0.15) is 5.56 Å². The fourth-order valence-electron chi connectivity index (χ4n) is 2.02. The highest BCUT2D eigenvalue weighted by Gasteiger charge is 2.17. The second-order valence-electron chi connectivity index (χ2n) is 5.06. The van der Waals surface area contributed by atoms with Crippen molar-refractivity contribution in [2.75, 3.05) is 4.72 Å². The zero-order chi connectivity index (χ0) is 17.9. The van der Waals surface area contributed by atoms with Gasteiger partial charge in [-0.2, -0.15) is 5.26 Å². The molecule has 0 bridgehead atoms. The summed E-state index contributed by atoms with van der Waals surface area (Å²) in [5.74, 6) is 0. The van der Waals surface area contributed by atoms with Gasteiger partial charge in [0, 0.05) is 11.9 Å². The Morgan fingerprint density at radius 1 is 1.16 bits per heavy atom. The Bertz CT molecular complexity index is 1040. The Morgan fingerprint density at radius 2 is 1.88 bits per heavy atom. The number of nitrogens with one attached hydrogen (secondary N) is 1. The number of para-hydroxylation sites is 1. The summed E-state index contributed by atoms with van der Waals surface area (Å²) in [6.07, 6.45) is 1.58. The van der Waals surface area contributed by atoms with Gasteiger partial charge in [0.2, 0.25) is 0 Å². The van der Waals surface area contributed by atoms with Crippen LogP contribution in [0.3, 0.4) is 0 Å². The molecular formula is C16H13N5O2S2. The third-order valence-corrected chi connectivity index (χ3v) is 5.81. The van der Waals surface area contributed by atoms with Gasteiger partial charge in [0.15, 0.2) is 5.16 Å². The molecule has 25 heavy (non-hydrogen) atoms. The van der Waals surface area contributed by atoms with Crippen molar-refractivity contribution in [3.05, 3.63) is 60.4 Å². The highest BCUT2D eigenvalue weighted by molar-refractivity contribution is 7.99. The van der Waals surface area contributed by atoms with Crippen molar-refractivity contribution in [3.63, 3.8) is 0 Å². The predicted molar refractivity (Wildman–Crippen MR) is 93.5 cm³/mol. The molecule has 0 aliphatic heterocycles. The van der Waals surface area contributed by atoms with Crippen molar-refractivity contribution in [1.82, 2.24) is 14.8 Å². The summed E-state index contributed by atoms with van der Waals surface area (Å²) in [5, 5.41) is 17.3. The molecule has 0 aliphatic rings. The summed E-state index contributed by atoms with van der Waals surface area (Å²) in [5.41, 5.74) is 0.844. The molecule has 1 N–H and O–H groups in total. The molecule has 0 fully saturated rings. The largest absolute Gasteiger partial charge is 0.311 e. The van der Waals surface area contributed by atoms with Crippen molar-refractivity contribution in [2.24, 2.45) is 7.05 Å². The topological polar surface area (TPSA) is 101 Å². The molecule has 1 heterocycles. The van der Waals surface area contributed by atoms with Gasteiger partial charge in [0.1, 0.15) is 6.33 Å². The molecule has 0 amide bonds. The lowest BCUT2D eigenvalue weighted by Crippen LogP contribution is -2.13. The van der Waals surface area contributed by atoms with Crippen LogP contribution >= 0.6 is 11.8 Å². The van der Waals surface area contributed by atoms with E-state index in [0.29, 0.717) is 21.3 Å². The predicted octanol–water partition coefficient (Wildman–Crippen LogP) is 2.64. The van der Waals surface area contributed by atoms with Gasteiger partial charge in [-0.05, 0) is 48.2 Å². The fourth-order valence-corrected chi connectivity index (χ4v) is 4.01. The standard InChI is InChI=1S/C16H13N5O2S2/c1-21-11-18-19-16(21)24-15-5-3-2-4-14(15)20-25(22,23)13-8-6-12(10-17)7-9-13/h2-9,11,20H,1H3. The van der Waals surface area contributed by atoms with Crippen LogP contribution < -0.4 is 4.72 Å². The normalized spacial score (nSPS) is 11.0. The van der Waals surface area contributed by atoms with Crippen LogP contribution in [0.2, 0.25) is 0 Å². The lowest BCUT2D eigenvalue weighted by Gasteiger charge is -2.12. The molecule has 0 atom stereocenters. The minimum absolute atomic E-state index is 0.0879. The van der Waals surface area contributed by atoms with E-state index in [0.717, 1.165) is 0 Å². The number of rotatable bonds is 5. The maximum absolute atomic E-state index is 12.6. The molecule has 7 nitrogen and oxygen atoms in total. The second kappa shape index (κ2) is 6.96. The number of aromatic nitrogens is 3. The number of aryl methyl sites for hydroxylation is 1. The fraction of sp³-hybridized carbons (Fsp3) is 0.0625. The molecule has 0 aliphatic carbocycles. The van der Waals surface area contributed by atoms with E-state index in [1.54, 1.807) is 29.1 Å². The van der Waals surface area contributed by atoms with Crippen LogP contribution in [0.25, 0.3) is 0 Å². The first kappa shape index (κ1) is 17.0. The summed E-state index contributed by atoms with van der Waals surface area (Å²) in [7, 11) is -1.95. The van der Waals surface area contributed by atoms with Crippen LogP contribution in [0, 0.1) is 11.3 Å². The Hall–Kier alpha value is -2.83. The summed E-state index contributed by atoms with van der Waals surface area (Å²) in [6.45, 7) is 0. The number of nitrogens with zero attached hydrogens (tertiary/aromatic N) is 4. The number of nitriles is 1. The molecule has 0 saturated carbocycles. The molecule has 3 aromatic rings. The van der Waals surface area contributed by atoms with Crippen LogP contribution in [-0.4, -0.2) is 23.2 Å². The summed E-state index contributed by atoms with van der Waals surface area (Å²) in [6, 6.07) is 14.7. The van der Waals surface area contributed by atoms with E-state index in [-0.39, 0.29) is 4.90 Å². The van der Waals surface area contributed by atoms with E-state index >= 15 is 0 Å². The van der Waals surface area contributed by atoms with E-state index in [1.807, 2.05) is 19.2 Å². The van der Waals surface area contributed by atoms with Crippen molar-refractivity contribution in [2.45, 2.75) is 14.9 Å². The third-order valence-electron chi connectivity index (χ3n) is 3.30. The van der Waals surface area contributed by atoms with E-state index in [1.165, 1.54) is 36.0 Å². The van der Waals surface area contributed by atoms with E-state index in [9.17, 15) is 8.42 Å². The zero-order valence-electron chi connectivity index (χ0n) is 13.1. The van der Waals surface area contributed by atoms with Gasteiger partial charge in [-0.25, -0.2) is 8.42 Å². The number of benzene rings is 2. The van der Waals surface area contributed by atoms with Gasteiger partial charge >= 0.3 is 0 Å². The van der Waals surface area contributed by atoms with Crippen LogP contribution in [0.5, 0.6) is 0 Å². The molecule has 1 aromatic heterocycles.